The van der Waals surface area contributed by atoms with E-state index in [1.807, 2.05) is 19.9 Å². The Kier molecular flexibility index (Phi) is 3.71. The van der Waals surface area contributed by atoms with Crippen LogP contribution in [0.1, 0.15) is 44.0 Å². The molecule has 0 amide bonds. The van der Waals surface area contributed by atoms with Gasteiger partial charge in [0.1, 0.15) is 0 Å². The monoisotopic (exact) mass is 232 g/mol. The third-order valence-corrected chi connectivity index (χ3v) is 3.04. The number of nitrogens with one attached hydrogen (secondary N) is 1. The summed E-state index contributed by atoms with van der Waals surface area (Å²) in [6.07, 6.45) is 4.76. The number of anilines is 1. The van der Waals surface area contributed by atoms with Crippen LogP contribution in [0.15, 0.2) is 11.2 Å². The minimum absolute atomic E-state index is 0.605. The predicted octanol–water partition coefficient (Wildman–Crippen LogP) is 3.07. The average molecular weight is 232 g/mol. The predicted molar refractivity (Wildman–Crippen MR) is 70.2 cm³/mol. The number of nitrogens with zero attached hydrogens (tertiary/aromatic N) is 3. The van der Waals surface area contributed by atoms with Crippen molar-refractivity contribution >= 4 is 11.7 Å². The molecule has 1 aliphatic carbocycles. The molecule has 0 radical (unpaired) electrons. The van der Waals surface area contributed by atoms with Crippen LogP contribution >= 0.6 is 0 Å². The lowest BCUT2D eigenvalue weighted by Crippen LogP contribution is -2.14. The van der Waals surface area contributed by atoms with Crippen molar-refractivity contribution in [3.05, 3.63) is 17.5 Å². The summed E-state index contributed by atoms with van der Waals surface area (Å²) in [5.41, 5.74) is 6.16. The Morgan fingerprint density at radius 3 is 2.65 bits per heavy atom. The maximum Gasteiger partial charge on any atom is 0.243 e. The van der Waals surface area contributed by atoms with Crippen molar-refractivity contribution in [2.45, 2.75) is 46.5 Å². The molecule has 2 rings (SSSR count). The summed E-state index contributed by atoms with van der Waals surface area (Å²) in [5.74, 6) is 1.36. The second-order valence-corrected chi connectivity index (χ2v) is 4.97. The molecule has 0 aromatic carbocycles. The summed E-state index contributed by atoms with van der Waals surface area (Å²) < 4.78 is 0. The molecule has 0 spiro atoms. The first kappa shape index (κ1) is 12.0. The molecule has 0 saturated heterocycles. The Hall–Kier alpha value is -1.45. The number of aryl methyl sites for hydroxylation is 2. The lowest BCUT2D eigenvalue weighted by Gasteiger charge is -2.18. The molecule has 0 unspecified atom stereocenters. The third-order valence-electron chi connectivity index (χ3n) is 3.04. The lowest BCUT2D eigenvalue weighted by molar-refractivity contribution is 0.500. The summed E-state index contributed by atoms with van der Waals surface area (Å²) >= 11 is 0. The molecule has 4 nitrogen and oxygen atoms in total. The number of hydrogen-bond acceptors (Lipinski definition) is 4. The van der Waals surface area contributed by atoms with Crippen LogP contribution in [0.5, 0.6) is 0 Å². The van der Waals surface area contributed by atoms with Gasteiger partial charge in [-0.15, -0.1) is 0 Å². The summed E-state index contributed by atoms with van der Waals surface area (Å²) in [6, 6.07) is 1.96. The molecule has 1 aromatic rings. The van der Waals surface area contributed by atoms with Crippen LogP contribution in [-0.4, -0.2) is 15.7 Å². The van der Waals surface area contributed by atoms with E-state index in [9.17, 15) is 0 Å². The highest BCUT2D eigenvalue weighted by molar-refractivity contribution is 5.85. The quantitative estimate of drug-likeness (QED) is 0.797. The van der Waals surface area contributed by atoms with Crippen LogP contribution in [0.2, 0.25) is 0 Å². The second-order valence-electron chi connectivity index (χ2n) is 4.97. The maximum absolute atomic E-state index is 4.43. The van der Waals surface area contributed by atoms with E-state index in [0.29, 0.717) is 5.95 Å². The molecule has 4 heteroatoms. The Morgan fingerprint density at radius 1 is 1.29 bits per heavy atom. The zero-order chi connectivity index (χ0) is 12.3. The Bertz CT molecular complexity index is 405. The lowest BCUT2D eigenvalue weighted by atomic mass is 9.89. The number of aromatic nitrogens is 2. The van der Waals surface area contributed by atoms with E-state index in [4.69, 9.17) is 0 Å². The average Bonchev–Trinajstić information content (AvgIpc) is 2.25. The first-order valence-corrected chi connectivity index (χ1v) is 6.27. The molecule has 1 aliphatic rings. The highest BCUT2D eigenvalue weighted by Crippen LogP contribution is 2.21. The van der Waals surface area contributed by atoms with Crippen LogP contribution in [0.4, 0.5) is 5.95 Å². The highest BCUT2D eigenvalue weighted by Gasteiger charge is 2.13. The zero-order valence-electron chi connectivity index (χ0n) is 10.8. The van der Waals surface area contributed by atoms with Gasteiger partial charge in [-0.1, -0.05) is 6.92 Å². The molecule has 1 saturated carbocycles. The van der Waals surface area contributed by atoms with Gasteiger partial charge in [-0.25, -0.2) is 15.4 Å². The van der Waals surface area contributed by atoms with Crippen LogP contribution in [0.25, 0.3) is 0 Å². The van der Waals surface area contributed by atoms with Gasteiger partial charge in [0.05, 0.1) is 0 Å². The number of hydrazone groups is 1. The minimum atomic E-state index is 0.605. The highest BCUT2D eigenvalue weighted by atomic mass is 15.4. The van der Waals surface area contributed by atoms with Gasteiger partial charge in [0.2, 0.25) is 5.95 Å². The fourth-order valence-electron chi connectivity index (χ4n) is 2.27. The van der Waals surface area contributed by atoms with Gasteiger partial charge in [0.15, 0.2) is 0 Å². The van der Waals surface area contributed by atoms with Crippen molar-refractivity contribution in [1.29, 1.82) is 0 Å². The van der Waals surface area contributed by atoms with Gasteiger partial charge in [-0.05, 0) is 51.5 Å². The number of hydrogen-bond donors (Lipinski definition) is 1. The molecule has 1 fully saturated rings. The van der Waals surface area contributed by atoms with E-state index >= 15 is 0 Å². The second kappa shape index (κ2) is 5.25. The molecule has 1 aromatic heterocycles. The first-order valence-electron chi connectivity index (χ1n) is 6.27. The summed E-state index contributed by atoms with van der Waals surface area (Å²) in [5, 5.41) is 4.43. The molecule has 92 valence electrons. The van der Waals surface area contributed by atoms with E-state index in [2.05, 4.69) is 27.4 Å². The largest absolute Gasteiger partial charge is 0.245 e. The summed E-state index contributed by atoms with van der Waals surface area (Å²) in [4.78, 5) is 8.62. The standard InChI is InChI=1S/C13H20N4/c1-9-5-4-6-12(7-9)16-17-13-14-10(2)8-11(3)15-13/h8-9H,4-7H2,1-3H3,(H,14,15,17)/b16-12-/t9-/m0/s1. The molecule has 1 atom stereocenters. The van der Waals surface area contributed by atoms with Gasteiger partial charge in [0.25, 0.3) is 0 Å². The van der Waals surface area contributed by atoms with E-state index < -0.39 is 0 Å². The minimum Gasteiger partial charge on any atom is -0.245 e. The fraction of sp³-hybridized carbons (Fsp3) is 0.615. The Labute approximate surface area is 103 Å². The van der Waals surface area contributed by atoms with Crippen LogP contribution in [0, 0.1) is 19.8 Å². The van der Waals surface area contributed by atoms with Crippen molar-refractivity contribution in [1.82, 2.24) is 9.97 Å². The Morgan fingerprint density at radius 2 is 2.00 bits per heavy atom. The first-order chi connectivity index (χ1) is 8.13. The van der Waals surface area contributed by atoms with Gasteiger partial charge in [-0.3, -0.25) is 0 Å². The summed E-state index contributed by atoms with van der Waals surface area (Å²) in [7, 11) is 0. The SMILES string of the molecule is Cc1cc(C)nc(N/N=C2/CCC[C@H](C)C2)n1. The van der Waals surface area contributed by atoms with Crippen molar-refractivity contribution in [3.8, 4) is 0 Å². The van der Waals surface area contributed by atoms with Gasteiger partial charge < -0.3 is 0 Å². The van der Waals surface area contributed by atoms with Crippen molar-refractivity contribution in [2.24, 2.45) is 11.0 Å². The molecule has 1 heterocycles. The molecule has 0 bridgehead atoms. The van der Waals surface area contributed by atoms with E-state index in [-0.39, 0.29) is 0 Å². The van der Waals surface area contributed by atoms with Gasteiger partial charge in [-0.2, -0.15) is 5.10 Å². The molecular formula is C13H20N4. The van der Waals surface area contributed by atoms with Crippen LogP contribution in [-0.2, 0) is 0 Å². The molecule has 1 N–H and O–H groups in total. The topological polar surface area (TPSA) is 50.2 Å². The van der Waals surface area contributed by atoms with Crippen LogP contribution in [0.3, 0.4) is 0 Å². The van der Waals surface area contributed by atoms with E-state index in [0.717, 1.165) is 30.1 Å². The Balaban J connectivity index is 2.03. The maximum atomic E-state index is 4.43. The van der Waals surface area contributed by atoms with E-state index in [1.54, 1.807) is 0 Å². The smallest absolute Gasteiger partial charge is 0.243 e. The molecule has 17 heavy (non-hydrogen) atoms. The zero-order valence-corrected chi connectivity index (χ0v) is 10.8. The normalized spacial score (nSPS) is 22.8. The number of rotatable bonds is 2. The summed E-state index contributed by atoms with van der Waals surface area (Å²) in [6.45, 7) is 6.22. The fourth-order valence-corrected chi connectivity index (χ4v) is 2.27. The van der Waals surface area contributed by atoms with Gasteiger partial charge >= 0.3 is 0 Å². The van der Waals surface area contributed by atoms with Crippen molar-refractivity contribution in [2.75, 3.05) is 5.43 Å². The third kappa shape index (κ3) is 3.51. The molecular weight excluding hydrogens is 212 g/mol. The van der Waals surface area contributed by atoms with E-state index in [1.165, 1.54) is 18.6 Å². The molecule has 0 aliphatic heterocycles. The van der Waals surface area contributed by atoms with Gasteiger partial charge in [0, 0.05) is 17.1 Å². The van der Waals surface area contributed by atoms with Crippen LogP contribution < -0.4 is 5.43 Å². The van der Waals surface area contributed by atoms with Crippen molar-refractivity contribution in [3.63, 3.8) is 0 Å². The van der Waals surface area contributed by atoms with Crippen molar-refractivity contribution < 1.29 is 0 Å².